The predicted octanol–water partition coefficient (Wildman–Crippen LogP) is 2.00. The molecular weight excluding hydrogens is 299 g/mol. The Morgan fingerprint density at radius 1 is 1.48 bits per heavy atom. The van der Waals surface area contributed by atoms with E-state index in [1.807, 2.05) is 6.92 Å². The number of aliphatic hydroxyl groups is 1. The van der Waals surface area contributed by atoms with Crippen LogP contribution in [0.15, 0.2) is 18.2 Å². The molecule has 1 unspecified atom stereocenters. The fourth-order valence-corrected chi connectivity index (χ4v) is 2.85. The van der Waals surface area contributed by atoms with Crippen molar-refractivity contribution in [2.24, 2.45) is 0 Å². The number of rotatable bonds is 6. The summed E-state index contributed by atoms with van der Waals surface area (Å²) in [5.74, 6) is -0.442. The fourth-order valence-electron chi connectivity index (χ4n) is 2.85. The zero-order valence-electron chi connectivity index (χ0n) is 13.7. The first-order valence-electron chi connectivity index (χ1n) is 8.02. The number of hydrogen-bond donors (Lipinski definition) is 2. The van der Waals surface area contributed by atoms with Gasteiger partial charge in [-0.2, -0.15) is 0 Å². The van der Waals surface area contributed by atoms with Gasteiger partial charge >= 0.3 is 0 Å². The molecule has 1 aromatic rings. The molecule has 0 aliphatic carbocycles. The molecule has 1 fully saturated rings. The summed E-state index contributed by atoms with van der Waals surface area (Å²) >= 11 is 0. The summed E-state index contributed by atoms with van der Waals surface area (Å²) in [6.07, 6.45) is 1.42. The lowest BCUT2D eigenvalue weighted by Gasteiger charge is -2.34. The molecule has 1 aromatic carbocycles. The van der Waals surface area contributed by atoms with Gasteiger partial charge in [-0.15, -0.1) is 0 Å². The molecule has 0 bridgehead atoms. The Morgan fingerprint density at radius 2 is 2.17 bits per heavy atom. The Kier molecular flexibility index (Phi) is 6.36. The van der Waals surface area contributed by atoms with Crippen LogP contribution in [0.3, 0.4) is 0 Å². The Morgan fingerprint density at radius 3 is 2.83 bits per heavy atom. The number of carbonyl (C=O) groups is 1. The molecule has 2 N–H and O–H groups in total. The van der Waals surface area contributed by atoms with Crippen LogP contribution < -0.4 is 10.2 Å². The monoisotopic (exact) mass is 324 g/mol. The van der Waals surface area contributed by atoms with Crippen molar-refractivity contribution in [3.05, 3.63) is 29.6 Å². The summed E-state index contributed by atoms with van der Waals surface area (Å²) in [6.45, 7) is 3.66. The highest BCUT2D eigenvalue weighted by Crippen LogP contribution is 2.29. The van der Waals surface area contributed by atoms with Gasteiger partial charge in [-0.05, 0) is 38.0 Å². The smallest absolute Gasteiger partial charge is 0.222 e. The van der Waals surface area contributed by atoms with Crippen molar-refractivity contribution >= 4 is 11.6 Å². The maximum Gasteiger partial charge on any atom is 0.222 e. The van der Waals surface area contributed by atoms with Crippen LogP contribution in [0, 0.1) is 5.82 Å². The topological polar surface area (TPSA) is 61.8 Å². The van der Waals surface area contributed by atoms with Gasteiger partial charge in [-0.3, -0.25) is 4.79 Å². The van der Waals surface area contributed by atoms with Crippen LogP contribution in [0.1, 0.15) is 37.8 Å². The Balaban J connectivity index is 2.13. The number of methoxy groups -OCH3 is 1. The zero-order chi connectivity index (χ0) is 16.8. The number of aliphatic hydroxyl groups excluding tert-OH is 1. The largest absolute Gasteiger partial charge is 0.393 e. The number of nitrogens with one attached hydrogen (secondary N) is 1. The Hall–Kier alpha value is -1.66. The van der Waals surface area contributed by atoms with Gasteiger partial charge in [0.25, 0.3) is 0 Å². The van der Waals surface area contributed by atoms with E-state index in [0.717, 1.165) is 24.3 Å². The van der Waals surface area contributed by atoms with E-state index >= 15 is 0 Å². The highest BCUT2D eigenvalue weighted by molar-refractivity contribution is 5.77. The van der Waals surface area contributed by atoms with E-state index in [1.54, 1.807) is 13.2 Å². The number of ether oxygens (including phenoxy) is 1. The number of halogens is 1. The van der Waals surface area contributed by atoms with Crippen LogP contribution in [0.25, 0.3) is 0 Å². The van der Waals surface area contributed by atoms with E-state index in [2.05, 4.69) is 10.2 Å². The van der Waals surface area contributed by atoms with Gasteiger partial charge in [0, 0.05) is 37.9 Å². The maximum absolute atomic E-state index is 13.7. The number of amides is 1. The first kappa shape index (κ1) is 17.7. The number of nitrogens with zero attached hydrogens (tertiary/aromatic N) is 1. The molecule has 2 rings (SSSR count). The van der Waals surface area contributed by atoms with Gasteiger partial charge in [-0.25, -0.2) is 4.39 Å². The lowest BCUT2D eigenvalue weighted by molar-refractivity contribution is -0.122. The number of hydrogen-bond acceptors (Lipinski definition) is 4. The van der Waals surface area contributed by atoms with Crippen molar-refractivity contribution in [3.8, 4) is 0 Å². The molecule has 1 heterocycles. The van der Waals surface area contributed by atoms with E-state index in [1.165, 1.54) is 12.1 Å². The Labute approximate surface area is 136 Å². The van der Waals surface area contributed by atoms with Crippen molar-refractivity contribution in [2.45, 2.75) is 38.3 Å². The zero-order valence-corrected chi connectivity index (χ0v) is 13.7. The average molecular weight is 324 g/mol. The fraction of sp³-hybridized carbons (Fsp3) is 0.588. The summed E-state index contributed by atoms with van der Waals surface area (Å²) in [6, 6.07) is 4.36. The third kappa shape index (κ3) is 4.91. The van der Waals surface area contributed by atoms with Crippen LogP contribution in [0.2, 0.25) is 0 Å². The van der Waals surface area contributed by atoms with Crippen LogP contribution in [0.4, 0.5) is 10.1 Å². The Bertz CT molecular complexity index is 531. The molecular formula is C17H25FN2O3. The van der Waals surface area contributed by atoms with Gasteiger partial charge in [0.1, 0.15) is 5.82 Å². The minimum atomic E-state index is -0.321. The molecule has 1 atom stereocenters. The molecule has 23 heavy (non-hydrogen) atoms. The first-order chi connectivity index (χ1) is 11.0. The minimum Gasteiger partial charge on any atom is -0.393 e. The second kappa shape index (κ2) is 8.26. The van der Waals surface area contributed by atoms with Crippen molar-refractivity contribution in [2.75, 3.05) is 31.7 Å². The second-order valence-electron chi connectivity index (χ2n) is 5.95. The number of anilines is 1. The number of benzene rings is 1. The molecule has 1 aliphatic heterocycles. The van der Waals surface area contributed by atoms with Gasteiger partial charge in [0.2, 0.25) is 5.91 Å². The van der Waals surface area contributed by atoms with Gasteiger partial charge < -0.3 is 20.1 Å². The highest BCUT2D eigenvalue weighted by Gasteiger charge is 2.22. The van der Waals surface area contributed by atoms with E-state index in [0.29, 0.717) is 19.4 Å². The second-order valence-corrected chi connectivity index (χ2v) is 5.95. The lowest BCUT2D eigenvalue weighted by atomic mass is 10.0. The molecule has 0 saturated carbocycles. The summed E-state index contributed by atoms with van der Waals surface area (Å²) in [7, 11) is 1.55. The standard InChI is InChI=1S/C17H25FN2O3/c1-12(19-17(22)7-10-23-2)15-11-13(18)3-4-16(15)20-8-5-14(21)6-9-20/h3-4,11-12,14,21H,5-10H2,1-2H3,(H,19,22). The summed E-state index contributed by atoms with van der Waals surface area (Å²) in [5.41, 5.74) is 1.67. The lowest BCUT2D eigenvalue weighted by Crippen LogP contribution is -2.37. The highest BCUT2D eigenvalue weighted by atomic mass is 19.1. The summed E-state index contributed by atoms with van der Waals surface area (Å²) in [4.78, 5) is 14.0. The van der Waals surface area contributed by atoms with Crippen LogP contribution in [-0.4, -0.2) is 43.9 Å². The van der Waals surface area contributed by atoms with E-state index < -0.39 is 0 Å². The SMILES string of the molecule is COCCC(=O)NC(C)c1cc(F)ccc1N1CCC(O)CC1. The quantitative estimate of drug-likeness (QED) is 0.840. The molecule has 1 amide bonds. The van der Waals surface area contributed by atoms with Gasteiger partial charge in [0.15, 0.2) is 0 Å². The van der Waals surface area contributed by atoms with E-state index in [9.17, 15) is 14.3 Å². The van der Waals surface area contributed by atoms with Crippen LogP contribution >= 0.6 is 0 Å². The maximum atomic E-state index is 13.7. The van der Waals surface area contributed by atoms with Gasteiger partial charge in [0.05, 0.1) is 18.8 Å². The number of piperidine rings is 1. The first-order valence-corrected chi connectivity index (χ1v) is 8.02. The van der Waals surface area contributed by atoms with E-state index in [-0.39, 0.29) is 30.3 Å². The third-order valence-electron chi connectivity index (χ3n) is 4.17. The van der Waals surface area contributed by atoms with Crippen LogP contribution in [-0.2, 0) is 9.53 Å². The molecule has 1 aliphatic rings. The van der Waals surface area contributed by atoms with Crippen molar-refractivity contribution < 1.29 is 19.0 Å². The number of carbonyl (C=O) groups excluding carboxylic acids is 1. The molecule has 5 nitrogen and oxygen atoms in total. The van der Waals surface area contributed by atoms with Gasteiger partial charge in [-0.1, -0.05) is 0 Å². The van der Waals surface area contributed by atoms with Crippen LogP contribution in [0.5, 0.6) is 0 Å². The molecule has 1 saturated heterocycles. The molecule has 128 valence electrons. The molecule has 0 radical (unpaired) electrons. The molecule has 0 aromatic heterocycles. The van der Waals surface area contributed by atoms with E-state index in [4.69, 9.17) is 4.74 Å². The minimum absolute atomic E-state index is 0.122. The normalized spacial score (nSPS) is 17.1. The molecule has 6 heteroatoms. The predicted molar refractivity (Wildman–Crippen MR) is 86.9 cm³/mol. The molecule has 0 spiro atoms. The van der Waals surface area contributed by atoms with Crippen molar-refractivity contribution in [3.63, 3.8) is 0 Å². The van der Waals surface area contributed by atoms with Crippen molar-refractivity contribution in [1.29, 1.82) is 0 Å². The average Bonchev–Trinajstić information content (AvgIpc) is 2.53. The summed E-state index contributed by atoms with van der Waals surface area (Å²) < 4.78 is 18.6. The third-order valence-corrected chi connectivity index (χ3v) is 4.17. The summed E-state index contributed by atoms with van der Waals surface area (Å²) in [5, 5.41) is 12.5. The van der Waals surface area contributed by atoms with Crippen molar-refractivity contribution in [1.82, 2.24) is 5.32 Å².